The van der Waals surface area contributed by atoms with Crippen LogP contribution in [0.5, 0.6) is 0 Å². The van der Waals surface area contributed by atoms with E-state index in [0.29, 0.717) is 6.54 Å². The molecule has 1 aromatic carbocycles. The number of amides is 1. The predicted molar refractivity (Wildman–Crippen MR) is 88.0 cm³/mol. The third kappa shape index (κ3) is 2.37. The van der Waals surface area contributed by atoms with Gasteiger partial charge >= 0.3 is 5.97 Å². The fourth-order valence-corrected chi connectivity index (χ4v) is 4.09. The summed E-state index contributed by atoms with van der Waals surface area (Å²) < 4.78 is 7.53. The number of carbonyl (C=O) groups excluding carboxylic acids is 2. The fourth-order valence-electron chi connectivity index (χ4n) is 4.09. The zero-order valence-corrected chi connectivity index (χ0v) is 13.7. The van der Waals surface area contributed by atoms with Gasteiger partial charge in [0.05, 0.1) is 29.9 Å². The van der Waals surface area contributed by atoms with Gasteiger partial charge in [-0.15, -0.1) is 0 Å². The Bertz CT molecular complexity index is 805. The zero-order valence-electron chi connectivity index (χ0n) is 13.7. The second-order valence-corrected chi connectivity index (χ2v) is 6.80. The van der Waals surface area contributed by atoms with Crippen molar-refractivity contribution in [1.82, 2.24) is 14.9 Å². The van der Waals surface area contributed by atoms with E-state index in [-0.39, 0.29) is 24.2 Å². The molecule has 1 saturated carbocycles. The Morgan fingerprint density at radius 3 is 2.88 bits per heavy atom. The summed E-state index contributed by atoms with van der Waals surface area (Å²) in [6, 6.07) is 7.88. The minimum Gasteiger partial charge on any atom is -0.458 e. The summed E-state index contributed by atoms with van der Waals surface area (Å²) in [4.78, 5) is 29.0. The standard InChI is InChI=1S/C18H21N3O3/c1-21-14-7-3-2-6-13(14)20-15(21)11-19-17(23)12-10-16(22)24-18(12)8-4-5-9-18/h2-3,6-7,12H,4-5,8-11H2,1H3,(H,19,23). The van der Waals surface area contributed by atoms with E-state index < -0.39 is 5.60 Å². The van der Waals surface area contributed by atoms with E-state index in [2.05, 4.69) is 10.3 Å². The summed E-state index contributed by atoms with van der Waals surface area (Å²) in [6.07, 6.45) is 3.81. The van der Waals surface area contributed by atoms with Crippen LogP contribution in [0.3, 0.4) is 0 Å². The molecule has 1 saturated heterocycles. The topological polar surface area (TPSA) is 73.2 Å². The number of hydrogen-bond acceptors (Lipinski definition) is 4. The maximum absolute atomic E-state index is 12.7. The summed E-state index contributed by atoms with van der Waals surface area (Å²) in [7, 11) is 1.94. The average Bonchev–Trinajstić information content (AvgIpc) is 3.25. The highest BCUT2D eigenvalue weighted by atomic mass is 16.6. The van der Waals surface area contributed by atoms with Crippen molar-refractivity contribution in [1.29, 1.82) is 0 Å². The van der Waals surface area contributed by atoms with E-state index in [4.69, 9.17) is 4.74 Å². The molecule has 4 rings (SSSR count). The lowest BCUT2D eigenvalue weighted by Gasteiger charge is -2.27. The highest BCUT2D eigenvalue weighted by Crippen LogP contribution is 2.45. The number of ether oxygens (including phenoxy) is 1. The van der Waals surface area contributed by atoms with Gasteiger partial charge < -0.3 is 14.6 Å². The number of para-hydroxylation sites is 2. The van der Waals surface area contributed by atoms with Crippen LogP contribution in [0.4, 0.5) is 0 Å². The number of aryl methyl sites for hydroxylation is 1. The number of rotatable bonds is 3. The lowest BCUT2D eigenvalue weighted by Crippen LogP contribution is -2.42. The number of imidazole rings is 1. The van der Waals surface area contributed by atoms with Crippen LogP contribution in [0.15, 0.2) is 24.3 Å². The van der Waals surface area contributed by atoms with Crippen molar-refractivity contribution in [2.75, 3.05) is 0 Å². The minimum absolute atomic E-state index is 0.102. The van der Waals surface area contributed by atoms with Crippen molar-refractivity contribution in [3.63, 3.8) is 0 Å². The number of nitrogens with zero attached hydrogens (tertiary/aromatic N) is 2. The number of hydrogen-bond donors (Lipinski definition) is 1. The molecule has 6 heteroatoms. The first kappa shape index (κ1) is 15.2. The Hall–Kier alpha value is -2.37. The maximum atomic E-state index is 12.7. The number of nitrogens with one attached hydrogen (secondary N) is 1. The first-order chi connectivity index (χ1) is 11.6. The van der Waals surface area contributed by atoms with E-state index >= 15 is 0 Å². The summed E-state index contributed by atoms with van der Waals surface area (Å²) in [5, 5.41) is 2.96. The third-order valence-electron chi connectivity index (χ3n) is 5.39. The van der Waals surface area contributed by atoms with Crippen LogP contribution in [0, 0.1) is 5.92 Å². The van der Waals surface area contributed by atoms with Crippen molar-refractivity contribution in [3.8, 4) is 0 Å². The molecule has 2 aliphatic rings. The number of esters is 1. The molecule has 1 aliphatic carbocycles. The van der Waals surface area contributed by atoms with E-state index in [1.807, 2.05) is 35.9 Å². The second-order valence-electron chi connectivity index (χ2n) is 6.80. The molecule has 6 nitrogen and oxygen atoms in total. The van der Waals surface area contributed by atoms with Gasteiger partial charge in [-0.25, -0.2) is 4.98 Å². The molecule has 1 spiro atoms. The molecule has 0 bridgehead atoms. The Balaban J connectivity index is 1.49. The van der Waals surface area contributed by atoms with E-state index in [1.54, 1.807) is 0 Å². The number of benzene rings is 1. The molecular formula is C18H21N3O3. The quantitative estimate of drug-likeness (QED) is 0.876. The zero-order chi connectivity index (χ0) is 16.7. The van der Waals surface area contributed by atoms with E-state index in [0.717, 1.165) is 42.5 Å². The van der Waals surface area contributed by atoms with Crippen molar-refractivity contribution in [2.45, 2.75) is 44.2 Å². The van der Waals surface area contributed by atoms with Crippen molar-refractivity contribution in [2.24, 2.45) is 13.0 Å². The molecule has 1 amide bonds. The predicted octanol–water partition coefficient (Wildman–Crippen LogP) is 2.07. The summed E-state index contributed by atoms with van der Waals surface area (Å²) >= 11 is 0. The molecule has 1 aliphatic heterocycles. The maximum Gasteiger partial charge on any atom is 0.307 e. The Labute approximate surface area is 140 Å². The van der Waals surface area contributed by atoms with Crippen LogP contribution < -0.4 is 5.32 Å². The Kier molecular flexibility index (Phi) is 3.55. The number of fused-ring (bicyclic) bond motifs is 1. The second kappa shape index (κ2) is 5.61. The average molecular weight is 327 g/mol. The molecule has 2 fully saturated rings. The summed E-state index contributed by atoms with van der Waals surface area (Å²) in [6.45, 7) is 0.352. The van der Waals surface area contributed by atoms with Crippen molar-refractivity contribution < 1.29 is 14.3 Å². The number of aromatic nitrogens is 2. The molecule has 0 radical (unpaired) electrons. The molecule has 126 valence electrons. The molecule has 2 heterocycles. The highest BCUT2D eigenvalue weighted by Gasteiger charge is 2.53. The van der Waals surface area contributed by atoms with Gasteiger partial charge in [0.2, 0.25) is 5.91 Å². The van der Waals surface area contributed by atoms with Crippen LogP contribution >= 0.6 is 0 Å². The largest absolute Gasteiger partial charge is 0.458 e. The lowest BCUT2D eigenvalue weighted by atomic mass is 9.85. The van der Waals surface area contributed by atoms with Crippen LogP contribution in [0.1, 0.15) is 37.9 Å². The van der Waals surface area contributed by atoms with Gasteiger partial charge in [0.25, 0.3) is 0 Å². The molecular weight excluding hydrogens is 306 g/mol. The van der Waals surface area contributed by atoms with E-state index in [1.165, 1.54) is 0 Å². The Morgan fingerprint density at radius 2 is 2.12 bits per heavy atom. The number of carbonyl (C=O) groups is 2. The van der Waals surface area contributed by atoms with Gasteiger partial charge in [0.15, 0.2) is 0 Å². The van der Waals surface area contributed by atoms with Gasteiger partial charge in [-0.05, 0) is 37.8 Å². The Morgan fingerprint density at radius 1 is 1.38 bits per heavy atom. The van der Waals surface area contributed by atoms with Crippen molar-refractivity contribution >= 4 is 22.9 Å². The van der Waals surface area contributed by atoms with Crippen molar-refractivity contribution in [3.05, 3.63) is 30.1 Å². The summed E-state index contributed by atoms with van der Waals surface area (Å²) in [5.41, 5.74) is 1.39. The van der Waals surface area contributed by atoms with Gasteiger partial charge in [-0.1, -0.05) is 12.1 Å². The van der Waals surface area contributed by atoms with Crippen LogP contribution in [0.25, 0.3) is 11.0 Å². The first-order valence-electron chi connectivity index (χ1n) is 8.49. The minimum atomic E-state index is -0.562. The summed E-state index contributed by atoms with van der Waals surface area (Å²) in [5.74, 6) is 0.0760. The normalized spacial score (nSPS) is 22.2. The highest BCUT2D eigenvalue weighted by molar-refractivity contribution is 5.88. The third-order valence-corrected chi connectivity index (χ3v) is 5.39. The molecule has 1 aromatic heterocycles. The lowest BCUT2D eigenvalue weighted by molar-refractivity contribution is -0.150. The first-order valence-corrected chi connectivity index (χ1v) is 8.49. The molecule has 1 atom stereocenters. The van der Waals surface area contributed by atoms with Gasteiger partial charge in [0, 0.05) is 7.05 Å². The monoisotopic (exact) mass is 327 g/mol. The van der Waals surface area contributed by atoms with Gasteiger partial charge in [-0.3, -0.25) is 9.59 Å². The molecule has 1 N–H and O–H groups in total. The smallest absolute Gasteiger partial charge is 0.307 e. The van der Waals surface area contributed by atoms with E-state index in [9.17, 15) is 9.59 Å². The van der Waals surface area contributed by atoms with Crippen LogP contribution in [-0.2, 0) is 27.9 Å². The molecule has 1 unspecified atom stereocenters. The SMILES string of the molecule is Cn1c(CNC(=O)C2CC(=O)OC23CCCC3)nc2ccccc21. The van der Waals surface area contributed by atoms with Gasteiger partial charge in [0.1, 0.15) is 11.4 Å². The van der Waals surface area contributed by atoms with Crippen LogP contribution in [0.2, 0.25) is 0 Å². The van der Waals surface area contributed by atoms with Crippen LogP contribution in [-0.4, -0.2) is 27.0 Å². The van der Waals surface area contributed by atoms with Gasteiger partial charge in [-0.2, -0.15) is 0 Å². The molecule has 2 aromatic rings. The molecule has 24 heavy (non-hydrogen) atoms. The fraction of sp³-hybridized carbons (Fsp3) is 0.500.